The quantitative estimate of drug-likeness (QED) is 0.529. The second kappa shape index (κ2) is 8.72. The summed E-state index contributed by atoms with van der Waals surface area (Å²) in [5.41, 5.74) is -0.728. The van der Waals surface area contributed by atoms with Crippen LogP contribution in [0.15, 0.2) is 18.2 Å². The van der Waals surface area contributed by atoms with Crippen LogP contribution in [0.3, 0.4) is 0 Å². The number of carboxylic acids is 1. The van der Waals surface area contributed by atoms with Gasteiger partial charge in [-0.2, -0.15) is 4.68 Å². The van der Waals surface area contributed by atoms with Crippen LogP contribution in [0, 0.1) is 5.41 Å². The first-order chi connectivity index (χ1) is 16.3. The predicted octanol–water partition coefficient (Wildman–Crippen LogP) is -0.426. The molecule has 1 amide bonds. The highest BCUT2D eigenvalue weighted by molar-refractivity contribution is 5.78. The monoisotopic (exact) mass is 474 g/mol. The maximum Gasteiger partial charge on any atom is 0.341 e. The van der Waals surface area contributed by atoms with Crippen LogP contribution in [0.2, 0.25) is 0 Å². The molecule has 0 aliphatic carbocycles. The fraction of sp³-hybridized carbons (Fsp3) is 0.571. The highest BCUT2D eigenvalue weighted by Gasteiger charge is 2.50. The summed E-state index contributed by atoms with van der Waals surface area (Å²) in [6, 6.07) is 4.57. The Balaban J connectivity index is 1.23. The SMILES string of the molecule is CC(C)(CC(=O)[O-])CC(=O)N[C@H]1CO[C@H]2[C@@H]1OC[C@@H]2n1nnnc1Oc1ccc2c(c1)OCO2. The Kier molecular flexibility index (Phi) is 5.73. The van der Waals surface area contributed by atoms with Crippen LogP contribution in [-0.2, 0) is 19.1 Å². The van der Waals surface area contributed by atoms with E-state index in [1.165, 1.54) is 4.68 Å². The van der Waals surface area contributed by atoms with E-state index in [0.717, 1.165) is 0 Å². The van der Waals surface area contributed by atoms with E-state index < -0.39 is 23.6 Å². The van der Waals surface area contributed by atoms with E-state index in [1.54, 1.807) is 32.0 Å². The lowest BCUT2D eigenvalue weighted by Crippen LogP contribution is -2.45. The first-order valence-corrected chi connectivity index (χ1v) is 10.9. The van der Waals surface area contributed by atoms with Crippen LogP contribution in [-0.4, -0.2) is 70.3 Å². The number of ether oxygens (including phenoxy) is 5. The minimum atomic E-state index is -1.19. The van der Waals surface area contributed by atoms with Gasteiger partial charge < -0.3 is 38.9 Å². The number of carbonyl (C=O) groups excluding carboxylic acids is 2. The summed E-state index contributed by atoms with van der Waals surface area (Å²) in [5, 5.41) is 25.6. The van der Waals surface area contributed by atoms with E-state index >= 15 is 0 Å². The molecule has 3 aliphatic heterocycles. The van der Waals surface area contributed by atoms with E-state index in [9.17, 15) is 14.7 Å². The molecule has 1 N–H and O–H groups in total. The van der Waals surface area contributed by atoms with E-state index in [1.807, 2.05) is 0 Å². The largest absolute Gasteiger partial charge is 0.550 e. The van der Waals surface area contributed by atoms with Crippen LogP contribution in [0.5, 0.6) is 23.3 Å². The number of fused-ring (bicyclic) bond motifs is 2. The smallest absolute Gasteiger partial charge is 0.341 e. The van der Waals surface area contributed by atoms with Gasteiger partial charge in [0.2, 0.25) is 12.7 Å². The second-order valence-electron chi connectivity index (χ2n) is 9.25. The number of carboxylic acid groups (broad SMARTS) is 1. The van der Waals surface area contributed by atoms with Gasteiger partial charge in [0.05, 0.1) is 19.3 Å². The van der Waals surface area contributed by atoms with Gasteiger partial charge in [-0.3, -0.25) is 4.79 Å². The summed E-state index contributed by atoms with van der Waals surface area (Å²) >= 11 is 0. The molecule has 5 rings (SSSR count). The van der Waals surface area contributed by atoms with Gasteiger partial charge in [-0.1, -0.05) is 18.9 Å². The molecule has 0 unspecified atom stereocenters. The number of tetrazole rings is 1. The van der Waals surface area contributed by atoms with E-state index in [-0.39, 0.29) is 56.8 Å². The molecule has 4 atom stereocenters. The summed E-state index contributed by atoms with van der Waals surface area (Å²) in [6.45, 7) is 4.08. The van der Waals surface area contributed by atoms with Gasteiger partial charge in [0.15, 0.2) is 11.5 Å². The Bertz CT molecular complexity index is 1090. The molecule has 2 fully saturated rings. The number of nitrogens with zero attached hydrogens (tertiary/aromatic N) is 4. The lowest BCUT2D eigenvalue weighted by Gasteiger charge is -2.26. The zero-order valence-electron chi connectivity index (χ0n) is 18.6. The van der Waals surface area contributed by atoms with Crippen molar-refractivity contribution in [2.45, 2.75) is 51.0 Å². The minimum absolute atomic E-state index is 0.0405. The van der Waals surface area contributed by atoms with Crippen molar-refractivity contribution in [3.63, 3.8) is 0 Å². The fourth-order valence-electron chi connectivity index (χ4n) is 4.46. The molecule has 4 heterocycles. The van der Waals surface area contributed by atoms with Crippen LogP contribution < -0.4 is 24.6 Å². The van der Waals surface area contributed by atoms with Gasteiger partial charge in [0.1, 0.15) is 24.0 Å². The Morgan fingerprint density at radius 2 is 1.97 bits per heavy atom. The zero-order chi connectivity index (χ0) is 23.9. The Labute approximate surface area is 194 Å². The number of benzene rings is 1. The van der Waals surface area contributed by atoms with Crippen molar-refractivity contribution >= 4 is 11.9 Å². The number of hydrogen-bond acceptors (Lipinski definition) is 11. The summed E-state index contributed by atoms with van der Waals surface area (Å²) in [6.07, 6.45) is -0.971. The molecule has 182 valence electrons. The highest BCUT2D eigenvalue weighted by atomic mass is 16.7. The third-order valence-corrected chi connectivity index (χ3v) is 5.97. The van der Waals surface area contributed by atoms with Crippen LogP contribution >= 0.6 is 0 Å². The number of aromatic nitrogens is 4. The number of carbonyl (C=O) groups is 2. The summed E-state index contributed by atoms with van der Waals surface area (Å²) in [4.78, 5) is 23.4. The lowest BCUT2D eigenvalue weighted by atomic mass is 9.85. The fourth-order valence-corrected chi connectivity index (χ4v) is 4.46. The number of hydrogen-bond donors (Lipinski definition) is 1. The van der Waals surface area contributed by atoms with Gasteiger partial charge in [0, 0.05) is 18.5 Å². The number of amides is 1. The molecule has 13 heteroatoms. The molecule has 1 aromatic heterocycles. The second-order valence-corrected chi connectivity index (χ2v) is 9.25. The molecule has 0 radical (unpaired) electrons. The van der Waals surface area contributed by atoms with Crippen molar-refractivity contribution in [3.8, 4) is 23.3 Å². The molecule has 2 aromatic rings. The van der Waals surface area contributed by atoms with Crippen molar-refractivity contribution in [3.05, 3.63) is 18.2 Å². The van der Waals surface area contributed by atoms with Gasteiger partial charge in [-0.05, 0) is 34.4 Å². The molecular weight excluding hydrogens is 450 g/mol. The van der Waals surface area contributed by atoms with E-state index in [2.05, 4.69) is 20.8 Å². The molecule has 2 saturated heterocycles. The molecule has 34 heavy (non-hydrogen) atoms. The average Bonchev–Trinajstić information content (AvgIpc) is 3.51. The Morgan fingerprint density at radius 3 is 2.79 bits per heavy atom. The van der Waals surface area contributed by atoms with Crippen LogP contribution in [0.1, 0.15) is 32.7 Å². The summed E-state index contributed by atoms with van der Waals surface area (Å²) in [7, 11) is 0. The first kappa shape index (κ1) is 22.3. The minimum Gasteiger partial charge on any atom is -0.550 e. The van der Waals surface area contributed by atoms with E-state index in [4.69, 9.17) is 23.7 Å². The summed E-state index contributed by atoms with van der Waals surface area (Å²) < 4.78 is 29.9. The molecule has 1 aromatic carbocycles. The average molecular weight is 474 g/mol. The third kappa shape index (κ3) is 4.48. The van der Waals surface area contributed by atoms with Crippen molar-refractivity contribution in [2.75, 3.05) is 20.0 Å². The molecule has 0 spiro atoms. The maximum atomic E-state index is 12.5. The first-order valence-electron chi connectivity index (χ1n) is 10.9. The molecule has 3 aliphatic rings. The summed E-state index contributed by atoms with van der Waals surface area (Å²) in [5.74, 6) is 0.217. The molecule has 0 bridgehead atoms. The predicted molar refractivity (Wildman–Crippen MR) is 109 cm³/mol. The van der Waals surface area contributed by atoms with Crippen LogP contribution in [0.4, 0.5) is 0 Å². The Hall–Kier alpha value is -3.45. The lowest BCUT2D eigenvalue weighted by molar-refractivity contribution is -0.307. The Morgan fingerprint density at radius 1 is 1.18 bits per heavy atom. The van der Waals surface area contributed by atoms with Crippen molar-refractivity contribution < 1.29 is 38.4 Å². The van der Waals surface area contributed by atoms with Gasteiger partial charge in [-0.15, -0.1) is 0 Å². The highest BCUT2D eigenvalue weighted by Crippen LogP contribution is 2.38. The van der Waals surface area contributed by atoms with Gasteiger partial charge in [0.25, 0.3) is 0 Å². The molecule has 0 saturated carbocycles. The zero-order valence-corrected chi connectivity index (χ0v) is 18.6. The third-order valence-electron chi connectivity index (χ3n) is 5.97. The maximum absolute atomic E-state index is 12.5. The standard InChI is InChI=1S/C21H25N5O8/c1-21(2,7-17(28)29)6-16(27)22-12-8-30-19-13(9-31-18(12)19)26-20(23-24-25-26)34-11-3-4-14-15(5-11)33-10-32-14/h3-5,12-13,18-19H,6-10H2,1-2H3,(H,22,27)(H,28,29)/p-1/t12-,13-,18+,19+/m0/s1. The number of aliphatic carboxylic acids is 1. The van der Waals surface area contributed by atoms with Gasteiger partial charge >= 0.3 is 6.01 Å². The van der Waals surface area contributed by atoms with E-state index in [0.29, 0.717) is 17.2 Å². The van der Waals surface area contributed by atoms with Gasteiger partial charge in [-0.25, -0.2) is 0 Å². The number of nitrogens with one attached hydrogen (secondary N) is 1. The van der Waals surface area contributed by atoms with Crippen LogP contribution in [0.25, 0.3) is 0 Å². The van der Waals surface area contributed by atoms with Crippen molar-refractivity contribution in [2.24, 2.45) is 5.41 Å². The number of rotatable bonds is 8. The molecule has 13 nitrogen and oxygen atoms in total. The normalized spacial score (nSPS) is 25.2. The van der Waals surface area contributed by atoms with Crippen molar-refractivity contribution in [1.82, 2.24) is 25.5 Å². The van der Waals surface area contributed by atoms with Crippen molar-refractivity contribution in [1.29, 1.82) is 0 Å². The molecular formula is C21H24N5O8-. The topological polar surface area (TPSA) is 159 Å².